The molecule has 0 heterocycles. The molecule has 0 aromatic carbocycles. The van der Waals surface area contributed by atoms with Gasteiger partial charge in [-0.05, 0) is 0 Å². The number of halogens is 4. The number of hydrogen-bond donors (Lipinski definition) is 0. The second-order valence-electron chi connectivity index (χ2n) is 0. The van der Waals surface area contributed by atoms with Crippen LogP contribution >= 0.6 is 49.6 Å². The summed E-state index contributed by atoms with van der Waals surface area (Å²) in [5, 5.41) is 0. The molecule has 0 aliphatic rings. The van der Waals surface area contributed by atoms with Crippen LogP contribution in [-0.4, -0.2) is 55.1 Å². The van der Waals surface area contributed by atoms with Crippen LogP contribution < -0.4 is 0 Å². The van der Waals surface area contributed by atoms with Crippen molar-refractivity contribution in [3.05, 3.63) is 0 Å². The summed E-state index contributed by atoms with van der Waals surface area (Å²) in [4.78, 5) is 0. The predicted molar refractivity (Wildman–Crippen MR) is 47.5 cm³/mol. The first kappa shape index (κ1) is 65.0. The van der Waals surface area contributed by atoms with Crippen LogP contribution in [0, 0.1) is 0 Å². The van der Waals surface area contributed by atoms with Crippen molar-refractivity contribution in [2.75, 3.05) is 0 Å². The van der Waals surface area contributed by atoms with Gasteiger partial charge in [-0.1, -0.05) is 0 Å². The van der Waals surface area contributed by atoms with E-state index in [1.54, 1.807) is 0 Å². The molecule has 0 bridgehead atoms. The van der Waals surface area contributed by atoms with E-state index in [1.165, 1.54) is 0 Å². The number of rotatable bonds is 0. The third-order valence-electron chi connectivity index (χ3n) is 0. The van der Waals surface area contributed by atoms with Gasteiger partial charge in [-0.3, -0.25) is 0 Å². The Morgan fingerprint density at radius 2 is 0.500 bits per heavy atom. The molecule has 0 radical (unpaired) electrons. The van der Waals surface area contributed by atoms with E-state index in [4.69, 9.17) is 0 Å². The zero-order chi connectivity index (χ0) is 0. The summed E-state index contributed by atoms with van der Waals surface area (Å²) in [7, 11) is 0. The summed E-state index contributed by atoms with van der Waals surface area (Å²) in [5.74, 6) is 0. The Morgan fingerprint density at radius 3 is 0.500 bits per heavy atom. The normalized spacial score (nSPS) is 0. The molecule has 6 heteroatoms. The van der Waals surface area contributed by atoms with E-state index in [9.17, 15) is 0 Å². The molecule has 0 unspecified atom stereocenters. The summed E-state index contributed by atoms with van der Waals surface area (Å²) in [5.41, 5.74) is 0. The molecular formula is H9AlCaCl4. The van der Waals surface area contributed by atoms with Crippen molar-refractivity contribution in [3.8, 4) is 0 Å². The summed E-state index contributed by atoms with van der Waals surface area (Å²) in [6, 6.07) is 0. The molecule has 0 saturated heterocycles. The maximum atomic E-state index is 0. The zero-order valence-electron chi connectivity index (χ0n) is 1.63. The van der Waals surface area contributed by atoms with Gasteiger partial charge in [0.05, 0.1) is 0 Å². The Balaban J connectivity index is 0. The molecule has 0 spiro atoms. The maximum absolute atomic E-state index is 0. The van der Waals surface area contributed by atoms with E-state index in [0.717, 1.165) is 0 Å². The Bertz CT molecular complexity index is 7.51. The monoisotopic (exact) mass is 216 g/mol. The molecule has 0 nitrogen and oxygen atoms in total. The van der Waals surface area contributed by atoms with E-state index in [2.05, 4.69) is 0 Å². The van der Waals surface area contributed by atoms with Crippen LogP contribution in [0.1, 0.15) is 0 Å². The van der Waals surface area contributed by atoms with Crippen LogP contribution in [0.5, 0.6) is 0 Å². The average Bonchev–Trinajstić information content (AvgIpc) is 0. The summed E-state index contributed by atoms with van der Waals surface area (Å²) in [6.07, 6.45) is 0. The molecule has 42 valence electrons. The Morgan fingerprint density at radius 1 is 0.500 bits per heavy atom. The quantitative estimate of drug-likeness (QED) is 0.484. The van der Waals surface area contributed by atoms with Gasteiger partial charge in [0.1, 0.15) is 0 Å². The van der Waals surface area contributed by atoms with Gasteiger partial charge in [-0.15, -0.1) is 49.6 Å². The van der Waals surface area contributed by atoms with Crippen LogP contribution in [0.4, 0.5) is 0 Å². The molecule has 0 aromatic heterocycles. The molecule has 0 amide bonds. The van der Waals surface area contributed by atoms with Crippen LogP contribution in [0.25, 0.3) is 0 Å². The Labute approximate surface area is 103 Å². The van der Waals surface area contributed by atoms with Gasteiger partial charge in [0.2, 0.25) is 0 Å². The molecule has 6 heavy (non-hydrogen) atoms. The molecule has 0 N–H and O–H groups in total. The van der Waals surface area contributed by atoms with Gasteiger partial charge < -0.3 is 0 Å². The van der Waals surface area contributed by atoms with Crippen LogP contribution in [0.3, 0.4) is 0 Å². The van der Waals surface area contributed by atoms with Gasteiger partial charge in [-0.2, -0.15) is 0 Å². The fourth-order valence-corrected chi connectivity index (χ4v) is 0. The molecule has 0 aliphatic carbocycles. The Kier molecular flexibility index (Phi) is 477. The standard InChI is InChI=1S/Al.Ca.4ClH.5H/h;;4*1H;;;;;. The van der Waals surface area contributed by atoms with Crippen molar-refractivity contribution in [1.29, 1.82) is 0 Å². The van der Waals surface area contributed by atoms with Crippen LogP contribution in [-0.2, 0) is 0 Å². The van der Waals surface area contributed by atoms with E-state index < -0.39 is 0 Å². The third-order valence-corrected chi connectivity index (χ3v) is 0. The van der Waals surface area contributed by atoms with E-state index >= 15 is 0 Å². The van der Waals surface area contributed by atoms with Gasteiger partial charge >= 0.3 is 37.7 Å². The second-order valence-corrected chi connectivity index (χ2v) is 0. The van der Waals surface area contributed by atoms with Crippen molar-refractivity contribution < 1.29 is 0 Å². The van der Waals surface area contributed by atoms with Gasteiger partial charge in [0.25, 0.3) is 0 Å². The topological polar surface area (TPSA) is 0 Å². The SMILES string of the molecule is Cl.Cl.Cl.Cl.[AlH3].[CaH2]. The van der Waals surface area contributed by atoms with Crippen molar-refractivity contribution in [2.24, 2.45) is 0 Å². The first-order valence-corrected chi connectivity index (χ1v) is 0. The van der Waals surface area contributed by atoms with Crippen LogP contribution in [0.15, 0.2) is 0 Å². The summed E-state index contributed by atoms with van der Waals surface area (Å²) < 4.78 is 0. The fraction of sp³-hybridized carbons (Fsp3) is 0. The summed E-state index contributed by atoms with van der Waals surface area (Å²) >= 11 is 0. The molecule has 0 aliphatic heterocycles. The molecule has 0 aromatic rings. The fourth-order valence-electron chi connectivity index (χ4n) is 0. The number of hydrogen-bond acceptors (Lipinski definition) is 0. The van der Waals surface area contributed by atoms with Crippen molar-refractivity contribution in [2.45, 2.75) is 0 Å². The average molecular weight is 218 g/mol. The van der Waals surface area contributed by atoms with Crippen molar-refractivity contribution >= 4 is 105 Å². The van der Waals surface area contributed by atoms with Crippen LogP contribution in [0.2, 0.25) is 0 Å². The minimum atomic E-state index is 0. The molecule has 0 fully saturated rings. The second kappa shape index (κ2) is 44.1. The van der Waals surface area contributed by atoms with Gasteiger partial charge in [0, 0.05) is 0 Å². The minimum absolute atomic E-state index is 0. The molecular weight excluding hydrogens is 209 g/mol. The first-order chi connectivity index (χ1) is 0. The van der Waals surface area contributed by atoms with E-state index in [0.29, 0.717) is 0 Å². The predicted octanol–water partition coefficient (Wildman–Crippen LogP) is -0.413. The molecule has 0 rings (SSSR count). The van der Waals surface area contributed by atoms with E-state index in [-0.39, 0.29) is 105 Å². The van der Waals surface area contributed by atoms with E-state index in [1.807, 2.05) is 0 Å². The third kappa shape index (κ3) is 28.3. The van der Waals surface area contributed by atoms with Gasteiger partial charge in [-0.25, -0.2) is 0 Å². The van der Waals surface area contributed by atoms with Gasteiger partial charge in [0.15, 0.2) is 17.4 Å². The first-order valence-electron chi connectivity index (χ1n) is 0. The molecule has 0 atom stereocenters. The van der Waals surface area contributed by atoms with Crippen molar-refractivity contribution in [3.63, 3.8) is 0 Å². The summed E-state index contributed by atoms with van der Waals surface area (Å²) in [6.45, 7) is 0. The molecule has 0 saturated carbocycles. The zero-order valence-corrected chi connectivity index (χ0v) is 4.90. The Hall–Kier alpha value is 2.95. The van der Waals surface area contributed by atoms with Crippen molar-refractivity contribution in [1.82, 2.24) is 0 Å².